The number of hydrogen-bond acceptors (Lipinski definition) is 6. The predicted octanol–water partition coefficient (Wildman–Crippen LogP) is 3.18. The van der Waals surface area contributed by atoms with Gasteiger partial charge in [-0.2, -0.15) is 13.2 Å². The number of nitrogens with one attached hydrogen (secondary N) is 2. The van der Waals surface area contributed by atoms with Crippen molar-refractivity contribution in [3.8, 4) is 0 Å². The van der Waals surface area contributed by atoms with Gasteiger partial charge in [-0.1, -0.05) is 0 Å². The number of amides is 1. The van der Waals surface area contributed by atoms with E-state index in [1.807, 2.05) is 0 Å². The summed E-state index contributed by atoms with van der Waals surface area (Å²) < 4.78 is 39.9. The third-order valence-electron chi connectivity index (χ3n) is 6.09. The molecule has 2 heterocycles. The van der Waals surface area contributed by atoms with E-state index in [4.69, 9.17) is 22.3 Å². The van der Waals surface area contributed by atoms with Crippen molar-refractivity contribution in [1.82, 2.24) is 9.88 Å². The quantitative estimate of drug-likeness (QED) is 0.426. The topological polar surface area (TPSA) is 133 Å². The van der Waals surface area contributed by atoms with Crippen molar-refractivity contribution in [2.45, 2.75) is 38.3 Å². The fourth-order valence-electron chi connectivity index (χ4n) is 4.35. The first kappa shape index (κ1) is 21.8. The molecule has 10 heteroatoms. The molecule has 7 nitrogen and oxygen atoms in total. The number of benzene rings is 1. The van der Waals surface area contributed by atoms with Gasteiger partial charge in [-0.15, -0.1) is 0 Å². The number of hydrogen-bond donors (Lipinski definition) is 4. The first-order valence-electron chi connectivity index (χ1n) is 10.4. The van der Waals surface area contributed by atoms with Crippen molar-refractivity contribution in [3.05, 3.63) is 40.7 Å². The standard InChI is InChI=1S/C22H23F3N6O/c23-22(24,25)20(29)13(10-26)19-12-5-2-1-4-11(12)16-15(30-19)7-6-14(27)17(16)18(28)21(32)31-8-3-9-31/h6-7,10,28-29H,1-5,8-9,26-27H2/b13-10-,28-18?,29-20?. The minimum atomic E-state index is -4.87. The number of fused-ring (bicyclic) bond motifs is 3. The zero-order valence-electron chi connectivity index (χ0n) is 17.3. The van der Waals surface area contributed by atoms with Crippen LogP contribution in [0.1, 0.15) is 41.6 Å². The zero-order chi connectivity index (χ0) is 23.2. The van der Waals surface area contributed by atoms with E-state index in [0.717, 1.165) is 25.5 Å². The summed E-state index contributed by atoms with van der Waals surface area (Å²) in [6.45, 7) is 1.16. The Morgan fingerprint density at radius 3 is 2.31 bits per heavy atom. The molecule has 2 aliphatic rings. The molecule has 0 unspecified atom stereocenters. The van der Waals surface area contributed by atoms with Crippen LogP contribution < -0.4 is 11.5 Å². The Labute approximate surface area is 182 Å². The predicted molar refractivity (Wildman–Crippen MR) is 117 cm³/mol. The summed E-state index contributed by atoms with van der Waals surface area (Å²) in [6.07, 6.45) is -0.687. The molecule has 168 valence electrons. The number of likely N-dealkylation sites (tertiary alicyclic amines) is 1. The number of nitrogen functional groups attached to an aromatic ring is 1. The van der Waals surface area contributed by atoms with E-state index in [1.165, 1.54) is 6.07 Å². The van der Waals surface area contributed by atoms with Crippen LogP contribution in [0, 0.1) is 10.8 Å². The van der Waals surface area contributed by atoms with Crippen LogP contribution >= 0.6 is 0 Å². The maximum absolute atomic E-state index is 13.3. The Bertz CT molecular complexity index is 1180. The van der Waals surface area contributed by atoms with Gasteiger partial charge >= 0.3 is 6.18 Å². The van der Waals surface area contributed by atoms with Crippen molar-refractivity contribution in [2.75, 3.05) is 18.8 Å². The van der Waals surface area contributed by atoms with Crippen molar-refractivity contribution in [2.24, 2.45) is 5.73 Å². The summed E-state index contributed by atoms with van der Waals surface area (Å²) in [6, 6.07) is 3.07. The molecular formula is C22H23F3N6O. The summed E-state index contributed by atoms with van der Waals surface area (Å²) in [5, 5.41) is 16.7. The van der Waals surface area contributed by atoms with Crippen LogP contribution in [-0.4, -0.2) is 46.5 Å². The first-order valence-corrected chi connectivity index (χ1v) is 10.4. The highest BCUT2D eigenvalue weighted by Gasteiger charge is 2.39. The average molecular weight is 444 g/mol. The van der Waals surface area contributed by atoms with Crippen LogP contribution in [0.2, 0.25) is 0 Å². The summed E-state index contributed by atoms with van der Waals surface area (Å²) in [5.41, 5.74) is 11.6. The lowest BCUT2D eigenvalue weighted by atomic mass is 9.83. The molecule has 0 radical (unpaired) electrons. The van der Waals surface area contributed by atoms with Gasteiger partial charge in [-0.05, 0) is 55.4 Å². The lowest BCUT2D eigenvalue weighted by molar-refractivity contribution is -0.127. The molecule has 0 atom stereocenters. The van der Waals surface area contributed by atoms with Gasteiger partial charge in [0.15, 0.2) is 0 Å². The largest absolute Gasteiger partial charge is 0.433 e. The third kappa shape index (κ3) is 3.49. The second-order valence-corrected chi connectivity index (χ2v) is 8.02. The average Bonchev–Trinajstić information content (AvgIpc) is 2.72. The Kier molecular flexibility index (Phi) is 5.39. The molecule has 1 fully saturated rings. The minimum absolute atomic E-state index is 0.0216. The molecular weight excluding hydrogens is 421 g/mol. The van der Waals surface area contributed by atoms with Gasteiger partial charge in [0.05, 0.1) is 11.2 Å². The van der Waals surface area contributed by atoms with Crippen LogP contribution in [0.15, 0.2) is 18.3 Å². The number of carbonyl (C=O) groups is 1. The zero-order valence-corrected chi connectivity index (χ0v) is 17.3. The van der Waals surface area contributed by atoms with Gasteiger partial charge in [0.25, 0.3) is 5.91 Å². The van der Waals surface area contributed by atoms with E-state index in [-0.39, 0.29) is 22.7 Å². The summed E-state index contributed by atoms with van der Waals surface area (Å²) in [7, 11) is 0. The number of nitrogens with zero attached hydrogens (tertiary/aromatic N) is 2. The molecule has 0 bridgehead atoms. The Morgan fingerprint density at radius 2 is 1.75 bits per heavy atom. The first-order chi connectivity index (χ1) is 15.1. The molecule has 4 rings (SSSR count). The molecule has 1 aromatic carbocycles. The number of rotatable bonds is 4. The normalized spacial score (nSPS) is 16.5. The monoisotopic (exact) mass is 444 g/mol. The summed E-state index contributed by atoms with van der Waals surface area (Å²) >= 11 is 0. The number of carbonyl (C=O) groups excluding carboxylic acids is 1. The lowest BCUT2D eigenvalue weighted by Gasteiger charge is -2.31. The van der Waals surface area contributed by atoms with E-state index in [2.05, 4.69) is 4.98 Å². The highest BCUT2D eigenvalue weighted by Crippen LogP contribution is 2.38. The Balaban J connectivity index is 1.96. The highest BCUT2D eigenvalue weighted by molar-refractivity contribution is 6.47. The van der Waals surface area contributed by atoms with Crippen LogP contribution in [0.3, 0.4) is 0 Å². The maximum Gasteiger partial charge on any atom is 0.433 e. The molecule has 6 N–H and O–H groups in total. The SMILES string of the molecule is N=C(C(=O)N1CCC1)c1c(N)ccc2nc(/C(=C/N)C(=N)C(F)(F)F)c3c(c12)CCCC3. The smallest absolute Gasteiger partial charge is 0.404 e. The highest BCUT2D eigenvalue weighted by atomic mass is 19.4. The van der Waals surface area contributed by atoms with Crippen LogP contribution in [-0.2, 0) is 17.6 Å². The number of pyridine rings is 1. The second-order valence-electron chi connectivity index (χ2n) is 8.02. The van der Waals surface area contributed by atoms with E-state index in [1.54, 1.807) is 11.0 Å². The van der Waals surface area contributed by atoms with E-state index in [9.17, 15) is 18.0 Å². The number of anilines is 1. The van der Waals surface area contributed by atoms with Crippen LogP contribution in [0.4, 0.5) is 18.9 Å². The van der Waals surface area contributed by atoms with Crippen LogP contribution in [0.5, 0.6) is 0 Å². The second kappa shape index (κ2) is 7.92. The number of aryl methyl sites for hydroxylation is 1. The van der Waals surface area contributed by atoms with Gasteiger partial charge in [0, 0.05) is 41.5 Å². The lowest BCUT2D eigenvalue weighted by Crippen LogP contribution is -2.45. The fourth-order valence-corrected chi connectivity index (χ4v) is 4.35. The Hall–Kier alpha value is -3.43. The number of aromatic nitrogens is 1. The van der Waals surface area contributed by atoms with Crippen LogP contribution in [0.25, 0.3) is 16.5 Å². The van der Waals surface area contributed by atoms with Crippen molar-refractivity contribution < 1.29 is 18.0 Å². The molecule has 1 aliphatic carbocycles. The molecule has 0 saturated carbocycles. The van der Waals surface area contributed by atoms with Gasteiger partial charge in [0.2, 0.25) is 0 Å². The van der Waals surface area contributed by atoms with Gasteiger partial charge in [-0.25, -0.2) is 4.98 Å². The van der Waals surface area contributed by atoms with Crippen molar-refractivity contribution in [3.63, 3.8) is 0 Å². The molecule has 32 heavy (non-hydrogen) atoms. The molecule has 0 spiro atoms. The number of halogens is 3. The number of allylic oxidation sites excluding steroid dienone is 1. The van der Waals surface area contributed by atoms with Gasteiger partial charge in [0.1, 0.15) is 11.4 Å². The molecule has 1 aromatic heterocycles. The molecule has 1 saturated heterocycles. The molecule has 1 amide bonds. The minimum Gasteiger partial charge on any atom is -0.404 e. The van der Waals surface area contributed by atoms with E-state index < -0.39 is 23.4 Å². The van der Waals surface area contributed by atoms with E-state index >= 15 is 0 Å². The van der Waals surface area contributed by atoms with Crippen molar-refractivity contribution in [1.29, 1.82) is 10.8 Å². The van der Waals surface area contributed by atoms with Crippen molar-refractivity contribution >= 4 is 39.5 Å². The van der Waals surface area contributed by atoms with E-state index in [0.29, 0.717) is 48.0 Å². The summed E-state index contributed by atoms with van der Waals surface area (Å²) in [5.74, 6) is -0.425. The third-order valence-corrected chi connectivity index (χ3v) is 6.09. The van der Waals surface area contributed by atoms with Gasteiger partial charge in [-0.3, -0.25) is 15.6 Å². The Morgan fingerprint density at radius 1 is 1.09 bits per heavy atom. The van der Waals surface area contributed by atoms with Gasteiger partial charge < -0.3 is 16.4 Å². The number of alkyl halides is 3. The fraction of sp³-hybridized carbons (Fsp3) is 0.364. The molecule has 2 aromatic rings. The maximum atomic E-state index is 13.3. The summed E-state index contributed by atoms with van der Waals surface area (Å²) in [4.78, 5) is 18.8. The number of nitrogens with two attached hydrogens (primary N) is 2. The molecule has 1 aliphatic heterocycles.